The van der Waals surface area contributed by atoms with Crippen LogP contribution in [0, 0.1) is 6.92 Å². The highest BCUT2D eigenvalue weighted by molar-refractivity contribution is 7.66. The zero-order chi connectivity index (χ0) is 5.86. The van der Waals surface area contributed by atoms with E-state index in [1.807, 2.05) is 0 Å². The molecule has 7 heavy (non-hydrogen) atoms. The van der Waals surface area contributed by atoms with Crippen LogP contribution in [0.5, 0.6) is 0 Å². The Labute approximate surface area is 47.0 Å². The average molecular weight is 120 g/mol. The summed E-state index contributed by atoms with van der Waals surface area (Å²) in [4.78, 5) is 0. The molecule has 2 nitrogen and oxygen atoms in total. The minimum absolute atomic E-state index is 0.292. The fourth-order valence-electron chi connectivity index (χ4n) is 0.0641. The first-order valence-electron chi connectivity index (χ1n) is 1.98. The lowest BCUT2D eigenvalue weighted by Gasteiger charge is -1.91. The summed E-state index contributed by atoms with van der Waals surface area (Å²) in [5.41, 5.74) is 0. The molecule has 0 aromatic carbocycles. The van der Waals surface area contributed by atoms with Crippen molar-refractivity contribution in [3.05, 3.63) is 6.92 Å². The molecule has 0 heterocycles. The second-order valence-corrected chi connectivity index (χ2v) is 2.30. The number of rotatable bonds is 2. The van der Waals surface area contributed by atoms with Crippen molar-refractivity contribution in [2.75, 3.05) is 0 Å². The normalized spacial score (nSPS) is 18.1. The number of hydrogen-bond acceptors (Lipinski definition) is 2. The highest BCUT2D eigenvalue weighted by Crippen LogP contribution is 1.90. The maximum absolute atomic E-state index is 9.79. The molecule has 0 aromatic heterocycles. The molecule has 0 amide bonds. The van der Waals surface area contributed by atoms with Crippen LogP contribution >= 0.6 is 0 Å². The van der Waals surface area contributed by atoms with Crippen LogP contribution in [0.3, 0.4) is 0 Å². The minimum atomic E-state index is -0.734. The van der Waals surface area contributed by atoms with Crippen molar-refractivity contribution in [2.24, 2.45) is 0 Å². The largest absolute Gasteiger partial charge is 0.464 e. The standard InChI is InChI=1S/C4H8O2S/c1-3(5)4(2)7-6/h3-5H,1H2,2H3/q+1. The molecule has 0 rings (SSSR count). The van der Waals surface area contributed by atoms with Crippen molar-refractivity contribution >= 4 is 11.7 Å². The van der Waals surface area contributed by atoms with Gasteiger partial charge in [0.15, 0.2) is 0 Å². The number of aliphatic hydroxyl groups excluding tert-OH is 1. The molecule has 1 N–H and O–H groups in total. The Morgan fingerprint density at radius 2 is 2.29 bits per heavy atom. The second-order valence-electron chi connectivity index (χ2n) is 1.37. The Morgan fingerprint density at radius 3 is 2.29 bits per heavy atom. The molecule has 0 aliphatic carbocycles. The lowest BCUT2D eigenvalue weighted by atomic mass is 10.3. The van der Waals surface area contributed by atoms with Crippen LogP contribution in [-0.2, 0) is 15.9 Å². The van der Waals surface area contributed by atoms with Gasteiger partial charge < -0.3 is 5.11 Å². The van der Waals surface area contributed by atoms with Crippen LogP contribution < -0.4 is 0 Å². The quantitative estimate of drug-likeness (QED) is 0.521. The van der Waals surface area contributed by atoms with Gasteiger partial charge in [-0.25, -0.2) is 0 Å². The van der Waals surface area contributed by atoms with Crippen LogP contribution in [0.2, 0.25) is 0 Å². The van der Waals surface area contributed by atoms with Crippen molar-refractivity contribution < 1.29 is 9.32 Å². The van der Waals surface area contributed by atoms with Gasteiger partial charge in [-0.15, -0.1) is 0 Å². The van der Waals surface area contributed by atoms with Gasteiger partial charge in [0.05, 0.1) is 0 Å². The fraction of sp³-hybridized carbons (Fsp3) is 0.750. The maximum atomic E-state index is 9.79. The Kier molecular flexibility index (Phi) is 3.04. The zero-order valence-corrected chi connectivity index (χ0v) is 4.94. The van der Waals surface area contributed by atoms with Gasteiger partial charge in [-0.1, -0.05) is 0 Å². The van der Waals surface area contributed by atoms with Gasteiger partial charge in [0.25, 0.3) is 5.25 Å². The first kappa shape index (κ1) is 6.98. The lowest BCUT2D eigenvalue weighted by molar-refractivity contribution is 0.221. The van der Waals surface area contributed by atoms with Crippen LogP contribution in [0.25, 0.3) is 0 Å². The van der Waals surface area contributed by atoms with Crippen molar-refractivity contribution in [2.45, 2.75) is 18.3 Å². The van der Waals surface area contributed by atoms with E-state index < -0.39 is 6.10 Å². The van der Waals surface area contributed by atoms with Gasteiger partial charge in [-0.3, -0.25) is 0 Å². The molecule has 0 aliphatic rings. The van der Waals surface area contributed by atoms with Gasteiger partial charge >= 0.3 is 11.7 Å². The van der Waals surface area contributed by atoms with E-state index in [1.54, 1.807) is 6.92 Å². The van der Waals surface area contributed by atoms with E-state index >= 15 is 0 Å². The molecule has 0 saturated heterocycles. The van der Waals surface area contributed by atoms with Gasteiger partial charge in [0, 0.05) is 4.21 Å². The summed E-state index contributed by atoms with van der Waals surface area (Å²) in [7, 11) is 0. The van der Waals surface area contributed by atoms with E-state index in [0.29, 0.717) is 11.7 Å². The highest BCUT2D eigenvalue weighted by atomic mass is 32.1. The third-order valence-corrected chi connectivity index (χ3v) is 1.31. The molecular weight excluding hydrogens is 112 g/mol. The maximum Gasteiger partial charge on any atom is 0.464 e. The van der Waals surface area contributed by atoms with E-state index in [4.69, 9.17) is 5.11 Å². The fourth-order valence-corrected chi connectivity index (χ4v) is 0.192. The van der Waals surface area contributed by atoms with Crippen LogP contribution in [0.4, 0.5) is 0 Å². The van der Waals surface area contributed by atoms with Gasteiger partial charge in [0.2, 0.25) is 0 Å². The topological polar surface area (TPSA) is 37.3 Å². The molecule has 2 unspecified atom stereocenters. The summed E-state index contributed by atoms with van der Waals surface area (Å²) >= 11 is 0.370. The molecule has 0 aliphatic heterocycles. The lowest BCUT2D eigenvalue weighted by Crippen LogP contribution is -2.17. The number of hydrogen-bond donors (Lipinski definition) is 1. The van der Waals surface area contributed by atoms with E-state index in [2.05, 4.69) is 6.92 Å². The molecule has 1 radical (unpaired) electrons. The molecule has 3 heteroatoms. The van der Waals surface area contributed by atoms with E-state index in [1.165, 1.54) is 0 Å². The van der Waals surface area contributed by atoms with Crippen molar-refractivity contribution in [1.29, 1.82) is 0 Å². The van der Waals surface area contributed by atoms with Gasteiger partial charge in [-0.05, 0) is 13.8 Å². The molecular formula is C4H8O2S+. The molecule has 0 fully saturated rings. The number of aliphatic hydroxyl groups is 1. The SMILES string of the molecule is [CH2]C(O)C(C)[S+]=O. The summed E-state index contributed by atoms with van der Waals surface area (Å²) in [5, 5.41) is 8.20. The summed E-state index contributed by atoms with van der Waals surface area (Å²) in [6.07, 6.45) is -0.734. The van der Waals surface area contributed by atoms with Crippen molar-refractivity contribution in [1.82, 2.24) is 0 Å². The summed E-state index contributed by atoms with van der Waals surface area (Å²) in [6, 6.07) is 0. The summed E-state index contributed by atoms with van der Waals surface area (Å²) in [6.45, 7) is 4.88. The third kappa shape index (κ3) is 2.65. The Hall–Kier alpha value is -0.0200. The average Bonchev–Trinajstić information content (AvgIpc) is 1.65. The third-order valence-electron chi connectivity index (χ3n) is 0.694. The van der Waals surface area contributed by atoms with Gasteiger partial charge in [0.1, 0.15) is 6.10 Å². The van der Waals surface area contributed by atoms with Crippen LogP contribution in [0.1, 0.15) is 6.92 Å². The Morgan fingerprint density at radius 1 is 1.86 bits per heavy atom. The van der Waals surface area contributed by atoms with Crippen LogP contribution in [-0.4, -0.2) is 16.5 Å². The first-order chi connectivity index (χ1) is 3.18. The zero-order valence-electron chi connectivity index (χ0n) is 4.13. The monoisotopic (exact) mass is 120 g/mol. The smallest absolute Gasteiger partial charge is 0.387 e. The predicted molar refractivity (Wildman–Crippen MR) is 28.9 cm³/mol. The second kappa shape index (κ2) is 3.04. The van der Waals surface area contributed by atoms with E-state index in [-0.39, 0.29) is 5.25 Å². The highest BCUT2D eigenvalue weighted by Gasteiger charge is 2.19. The summed E-state index contributed by atoms with van der Waals surface area (Å²) < 4.78 is 9.79. The van der Waals surface area contributed by atoms with Gasteiger partial charge in [-0.2, -0.15) is 0 Å². The molecule has 2 atom stereocenters. The molecule has 41 valence electrons. The molecule has 0 aromatic rings. The van der Waals surface area contributed by atoms with Crippen LogP contribution in [0.15, 0.2) is 0 Å². The van der Waals surface area contributed by atoms with Crippen molar-refractivity contribution in [3.63, 3.8) is 0 Å². The van der Waals surface area contributed by atoms with E-state index in [9.17, 15) is 4.21 Å². The molecule has 0 spiro atoms. The molecule has 0 saturated carbocycles. The van der Waals surface area contributed by atoms with E-state index in [0.717, 1.165) is 0 Å². The first-order valence-corrected chi connectivity index (χ1v) is 2.78. The Balaban J connectivity index is 3.33. The summed E-state index contributed by atoms with van der Waals surface area (Å²) in [5.74, 6) is 0. The predicted octanol–water partition coefficient (Wildman–Crippen LogP) is -0.00201. The molecule has 0 bridgehead atoms. The minimum Gasteiger partial charge on any atom is -0.387 e. The Bertz CT molecular complexity index is 62.7. The van der Waals surface area contributed by atoms with Crippen molar-refractivity contribution in [3.8, 4) is 0 Å².